The smallest absolute Gasteiger partial charge is 0.213 e. The van der Waals surface area contributed by atoms with E-state index in [1.165, 1.54) is 0 Å². The third kappa shape index (κ3) is 2.86. The van der Waals surface area contributed by atoms with Gasteiger partial charge in [0.05, 0.1) is 18.3 Å². The summed E-state index contributed by atoms with van der Waals surface area (Å²) in [5.74, 6) is 1.44. The van der Waals surface area contributed by atoms with Gasteiger partial charge in [0.15, 0.2) is 0 Å². The number of nitrogens with one attached hydrogen (secondary N) is 1. The van der Waals surface area contributed by atoms with Crippen LogP contribution >= 0.6 is 15.9 Å². The largest absolute Gasteiger partial charge is 0.444 e. The van der Waals surface area contributed by atoms with E-state index >= 15 is 0 Å². The van der Waals surface area contributed by atoms with E-state index in [1.54, 1.807) is 12.3 Å². The van der Waals surface area contributed by atoms with Gasteiger partial charge in [0, 0.05) is 10.2 Å². The number of nitrogens with zero attached hydrogens (tertiary/aromatic N) is 2. The summed E-state index contributed by atoms with van der Waals surface area (Å²) in [4.78, 5) is 4.09. The number of halogens is 1. The first-order chi connectivity index (χ1) is 8.19. The molecule has 0 unspecified atom stereocenters. The summed E-state index contributed by atoms with van der Waals surface area (Å²) in [6, 6.07) is 7.55. The number of hydrogen-bond donors (Lipinski definition) is 1. The molecule has 4 nitrogen and oxygen atoms in total. The molecule has 0 saturated heterocycles. The van der Waals surface area contributed by atoms with E-state index in [-0.39, 0.29) is 0 Å². The van der Waals surface area contributed by atoms with Crippen LogP contribution in [0, 0.1) is 18.3 Å². The van der Waals surface area contributed by atoms with Crippen LogP contribution in [0.3, 0.4) is 0 Å². The minimum Gasteiger partial charge on any atom is -0.444 e. The average molecular weight is 292 g/mol. The predicted molar refractivity (Wildman–Crippen MR) is 67.4 cm³/mol. The molecule has 0 spiro atoms. The Kier molecular flexibility index (Phi) is 3.45. The van der Waals surface area contributed by atoms with Crippen molar-refractivity contribution in [1.29, 1.82) is 5.26 Å². The number of rotatable bonds is 3. The van der Waals surface area contributed by atoms with Crippen molar-refractivity contribution in [2.75, 3.05) is 5.32 Å². The molecule has 0 saturated carbocycles. The molecule has 0 aliphatic carbocycles. The average Bonchev–Trinajstić information content (AvgIpc) is 2.73. The second-order valence-electron chi connectivity index (χ2n) is 3.52. The summed E-state index contributed by atoms with van der Waals surface area (Å²) in [7, 11) is 0. The molecule has 0 radical (unpaired) electrons. The number of hydrogen-bond acceptors (Lipinski definition) is 4. The third-order valence-electron chi connectivity index (χ3n) is 2.20. The second-order valence-corrected chi connectivity index (χ2v) is 4.38. The van der Waals surface area contributed by atoms with Crippen LogP contribution in [0.5, 0.6) is 0 Å². The molecule has 86 valence electrons. The van der Waals surface area contributed by atoms with Gasteiger partial charge in [-0.25, -0.2) is 4.98 Å². The molecule has 1 N–H and O–H groups in total. The zero-order valence-electron chi connectivity index (χ0n) is 9.20. The van der Waals surface area contributed by atoms with Crippen LogP contribution < -0.4 is 5.32 Å². The number of nitriles is 1. The van der Waals surface area contributed by atoms with Crippen molar-refractivity contribution in [2.45, 2.75) is 13.5 Å². The van der Waals surface area contributed by atoms with Crippen molar-refractivity contribution < 1.29 is 4.42 Å². The minimum absolute atomic E-state index is 0.520. The van der Waals surface area contributed by atoms with E-state index in [0.29, 0.717) is 18.0 Å². The highest BCUT2D eigenvalue weighted by atomic mass is 79.9. The molecule has 0 aliphatic rings. The Morgan fingerprint density at radius 2 is 2.35 bits per heavy atom. The van der Waals surface area contributed by atoms with E-state index in [1.807, 2.05) is 19.1 Å². The van der Waals surface area contributed by atoms with Gasteiger partial charge in [0.2, 0.25) is 5.89 Å². The van der Waals surface area contributed by atoms with Gasteiger partial charge in [0.25, 0.3) is 0 Å². The summed E-state index contributed by atoms with van der Waals surface area (Å²) in [6.07, 6.45) is 1.69. The topological polar surface area (TPSA) is 61.9 Å². The lowest BCUT2D eigenvalue weighted by Crippen LogP contribution is -1.99. The lowest BCUT2D eigenvalue weighted by Gasteiger charge is -2.04. The predicted octanol–water partition coefficient (Wildman–Crippen LogP) is 3.23. The SMILES string of the molecule is Cc1cnc(CNc2ccc(C#N)c(Br)c2)o1. The number of benzene rings is 1. The van der Waals surface area contributed by atoms with Gasteiger partial charge in [-0.15, -0.1) is 0 Å². The second kappa shape index (κ2) is 5.02. The van der Waals surface area contributed by atoms with Gasteiger partial charge in [-0.05, 0) is 41.1 Å². The molecule has 1 heterocycles. The Morgan fingerprint density at radius 1 is 1.53 bits per heavy atom. The van der Waals surface area contributed by atoms with Crippen molar-refractivity contribution in [3.63, 3.8) is 0 Å². The number of oxazole rings is 1. The van der Waals surface area contributed by atoms with Crippen molar-refractivity contribution in [3.05, 3.63) is 46.1 Å². The summed E-state index contributed by atoms with van der Waals surface area (Å²) < 4.78 is 6.11. The molecule has 5 heteroatoms. The summed E-state index contributed by atoms with van der Waals surface area (Å²) in [5, 5.41) is 12.0. The summed E-state index contributed by atoms with van der Waals surface area (Å²) in [5.41, 5.74) is 1.52. The van der Waals surface area contributed by atoms with E-state index < -0.39 is 0 Å². The van der Waals surface area contributed by atoms with Gasteiger partial charge >= 0.3 is 0 Å². The molecular weight excluding hydrogens is 282 g/mol. The first-order valence-corrected chi connectivity index (χ1v) is 5.83. The lowest BCUT2D eigenvalue weighted by atomic mass is 10.2. The molecule has 2 rings (SSSR count). The van der Waals surface area contributed by atoms with Crippen LogP contribution in [0.1, 0.15) is 17.2 Å². The fourth-order valence-electron chi connectivity index (χ4n) is 1.38. The van der Waals surface area contributed by atoms with Gasteiger partial charge < -0.3 is 9.73 Å². The highest BCUT2D eigenvalue weighted by Gasteiger charge is 2.03. The molecule has 0 amide bonds. The molecular formula is C12H10BrN3O. The maximum atomic E-state index is 8.79. The van der Waals surface area contributed by atoms with Crippen molar-refractivity contribution in [1.82, 2.24) is 4.98 Å². The Morgan fingerprint density at radius 3 is 2.94 bits per heavy atom. The molecule has 17 heavy (non-hydrogen) atoms. The maximum Gasteiger partial charge on any atom is 0.213 e. The first kappa shape index (κ1) is 11.7. The Hall–Kier alpha value is -1.80. The fraction of sp³-hybridized carbons (Fsp3) is 0.167. The van der Waals surface area contributed by atoms with Crippen LogP contribution in [-0.4, -0.2) is 4.98 Å². The highest BCUT2D eigenvalue weighted by molar-refractivity contribution is 9.10. The number of aryl methyl sites for hydroxylation is 1. The zero-order chi connectivity index (χ0) is 12.3. The van der Waals surface area contributed by atoms with E-state index in [2.05, 4.69) is 32.3 Å². The van der Waals surface area contributed by atoms with Crippen molar-refractivity contribution in [2.24, 2.45) is 0 Å². The molecule has 1 aromatic heterocycles. The van der Waals surface area contributed by atoms with Crippen LogP contribution in [-0.2, 0) is 6.54 Å². The van der Waals surface area contributed by atoms with Crippen LogP contribution in [0.4, 0.5) is 5.69 Å². The van der Waals surface area contributed by atoms with E-state index in [9.17, 15) is 0 Å². The van der Waals surface area contributed by atoms with Gasteiger partial charge in [0.1, 0.15) is 11.8 Å². The van der Waals surface area contributed by atoms with Gasteiger partial charge in [-0.2, -0.15) is 5.26 Å². The van der Waals surface area contributed by atoms with Crippen LogP contribution in [0.2, 0.25) is 0 Å². The minimum atomic E-state index is 0.520. The molecule has 0 atom stereocenters. The number of aromatic nitrogens is 1. The Balaban J connectivity index is 2.05. The summed E-state index contributed by atoms with van der Waals surface area (Å²) in [6.45, 7) is 2.38. The maximum absolute atomic E-state index is 8.79. The molecule has 1 aromatic carbocycles. The Labute approximate surface area is 107 Å². The number of anilines is 1. The quantitative estimate of drug-likeness (QED) is 0.943. The van der Waals surface area contributed by atoms with E-state index in [0.717, 1.165) is 15.9 Å². The fourth-order valence-corrected chi connectivity index (χ4v) is 1.84. The van der Waals surface area contributed by atoms with Gasteiger partial charge in [-0.1, -0.05) is 0 Å². The van der Waals surface area contributed by atoms with Crippen LogP contribution in [0.25, 0.3) is 0 Å². The molecule has 0 bridgehead atoms. The molecule has 0 fully saturated rings. The first-order valence-electron chi connectivity index (χ1n) is 5.04. The van der Waals surface area contributed by atoms with Crippen LogP contribution in [0.15, 0.2) is 33.3 Å². The monoisotopic (exact) mass is 291 g/mol. The molecule has 0 aliphatic heterocycles. The van der Waals surface area contributed by atoms with Crippen molar-refractivity contribution >= 4 is 21.6 Å². The normalized spacial score (nSPS) is 9.94. The standard InChI is InChI=1S/C12H10BrN3O/c1-8-6-16-12(17-8)7-15-10-3-2-9(5-14)11(13)4-10/h2-4,6,15H,7H2,1H3. The third-order valence-corrected chi connectivity index (χ3v) is 2.86. The Bertz CT molecular complexity index is 571. The molecule has 2 aromatic rings. The summed E-state index contributed by atoms with van der Waals surface area (Å²) >= 11 is 3.34. The highest BCUT2D eigenvalue weighted by Crippen LogP contribution is 2.21. The van der Waals surface area contributed by atoms with E-state index in [4.69, 9.17) is 9.68 Å². The van der Waals surface area contributed by atoms with Crippen molar-refractivity contribution in [3.8, 4) is 6.07 Å². The van der Waals surface area contributed by atoms with Gasteiger partial charge in [-0.3, -0.25) is 0 Å². The lowest BCUT2D eigenvalue weighted by molar-refractivity contribution is 0.479. The zero-order valence-corrected chi connectivity index (χ0v) is 10.8.